The van der Waals surface area contributed by atoms with Crippen molar-refractivity contribution in [1.29, 1.82) is 0 Å². The molecule has 5 heteroatoms. The molecular formula is C15H18N4O. The maximum Gasteiger partial charge on any atom is 0.225 e. The zero-order valence-corrected chi connectivity index (χ0v) is 11.2. The van der Waals surface area contributed by atoms with Crippen molar-refractivity contribution in [3.8, 4) is 0 Å². The molecule has 104 valence electrons. The lowest BCUT2D eigenvalue weighted by Crippen LogP contribution is -2.50. The highest BCUT2D eigenvalue weighted by atomic mass is 16.2. The number of rotatable bonds is 5. The highest BCUT2D eigenvalue weighted by Gasteiger charge is 2.24. The van der Waals surface area contributed by atoms with Crippen molar-refractivity contribution >= 4 is 5.91 Å². The van der Waals surface area contributed by atoms with E-state index in [4.69, 9.17) is 0 Å². The van der Waals surface area contributed by atoms with E-state index in [1.165, 1.54) is 5.56 Å². The van der Waals surface area contributed by atoms with Gasteiger partial charge in [-0.15, -0.1) is 0 Å². The minimum atomic E-state index is 0.125. The first-order valence-corrected chi connectivity index (χ1v) is 6.85. The third-order valence-electron chi connectivity index (χ3n) is 3.49. The van der Waals surface area contributed by atoms with E-state index < -0.39 is 0 Å². The van der Waals surface area contributed by atoms with Gasteiger partial charge < -0.3 is 10.6 Å². The molecule has 1 aromatic carbocycles. The average Bonchev–Trinajstić information content (AvgIpc) is 2.83. The molecule has 0 aliphatic carbocycles. The van der Waals surface area contributed by atoms with Gasteiger partial charge in [0.1, 0.15) is 0 Å². The Bertz CT molecular complexity index is 575. The number of carbonyl (C=O) groups excluding carboxylic acids is 1. The largest absolute Gasteiger partial charge is 0.352 e. The fourth-order valence-corrected chi connectivity index (χ4v) is 2.16. The van der Waals surface area contributed by atoms with Crippen molar-refractivity contribution in [1.82, 2.24) is 20.4 Å². The molecule has 1 fully saturated rings. The lowest BCUT2D eigenvalue weighted by atomic mass is 10.0. The van der Waals surface area contributed by atoms with Gasteiger partial charge in [-0.05, 0) is 5.56 Å². The molecule has 3 rings (SSSR count). The summed E-state index contributed by atoms with van der Waals surface area (Å²) in [6.07, 6.45) is 3.79. The summed E-state index contributed by atoms with van der Waals surface area (Å²) in [5.41, 5.74) is 2.24. The van der Waals surface area contributed by atoms with E-state index in [2.05, 4.69) is 27.9 Å². The number of hydrogen-bond acceptors (Lipinski definition) is 3. The molecule has 0 bridgehead atoms. The molecule has 1 aliphatic heterocycles. The van der Waals surface area contributed by atoms with Crippen molar-refractivity contribution in [3.63, 3.8) is 0 Å². The zero-order valence-electron chi connectivity index (χ0n) is 11.2. The van der Waals surface area contributed by atoms with Crippen LogP contribution < -0.4 is 10.6 Å². The van der Waals surface area contributed by atoms with Crippen LogP contribution in [0.3, 0.4) is 0 Å². The molecule has 0 saturated carbocycles. The molecule has 2 aromatic rings. The molecule has 2 heterocycles. The van der Waals surface area contributed by atoms with Crippen molar-refractivity contribution in [2.24, 2.45) is 5.92 Å². The maximum absolute atomic E-state index is 11.7. The maximum atomic E-state index is 11.7. The second-order valence-corrected chi connectivity index (χ2v) is 5.10. The van der Waals surface area contributed by atoms with Gasteiger partial charge in [0.15, 0.2) is 0 Å². The third-order valence-corrected chi connectivity index (χ3v) is 3.49. The molecule has 0 radical (unpaired) electrons. The van der Waals surface area contributed by atoms with E-state index in [1.807, 2.05) is 35.3 Å². The van der Waals surface area contributed by atoms with Gasteiger partial charge in [0.05, 0.1) is 18.7 Å². The van der Waals surface area contributed by atoms with E-state index in [9.17, 15) is 4.79 Å². The van der Waals surface area contributed by atoms with E-state index in [-0.39, 0.29) is 11.8 Å². The summed E-state index contributed by atoms with van der Waals surface area (Å²) >= 11 is 0. The Kier molecular flexibility index (Phi) is 3.78. The average molecular weight is 270 g/mol. The first-order chi connectivity index (χ1) is 9.81. The number of hydrogen-bond donors (Lipinski definition) is 2. The predicted molar refractivity (Wildman–Crippen MR) is 76.0 cm³/mol. The zero-order chi connectivity index (χ0) is 13.8. The number of benzene rings is 1. The van der Waals surface area contributed by atoms with Gasteiger partial charge in [0.2, 0.25) is 5.91 Å². The third kappa shape index (κ3) is 3.05. The molecular weight excluding hydrogens is 252 g/mol. The van der Waals surface area contributed by atoms with Gasteiger partial charge in [-0.1, -0.05) is 30.3 Å². The number of aromatic nitrogens is 2. The Labute approximate surface area is 118 Å². The SMILES string of the molecule is O=C(NCc1cnn(Cc2ccccc2)c1)C1CNC1. The highest BCUT2D eigenvalue weighted by Crippen LogP contribution is 2.05. The van der Waals surface area contributed by atoms with Crippen LogP contribution >= 0.6 is 0 Å². The van der Waals surface area contributed by atoms with Gasteiger partial charge in [0, 0.05) is 31.4 Å². The Hall–Kier alpha value is -2.14. The minimum absolute atomic E-state index is 0.125. The van der Waals surface area contributed by atoms with Crippen LogP contribution in [-0.2, 0) is 17.9 Å². The highest BCUT2D eigenvalue weighted by molar-refractivity contribution is 5.79. The van der Waals surface area contributed by atoms with E-state index in [1.54, 1.807) is 0 Å². The van der Waals surface area contributed by atoms with Crippen molar-refractivity contribution in [2.45, 2.75) is 13.1 Å². The van der Waals surface area contributed by atoms with Crippen LogP contribution in [0.1, 0.15) is 11.1 Å². The summed E-state index contributed by atoms with van der Waals surface area (Å²) < 4.78 is 1.89. The first-order valence-electron chi connectivity index (χ1n) is 6.85. The van der Waals surface area contributed by atoms with Crippen LogP contribution in [-0.4, -0.2) is 28.8 Å². The Balaban J connectivity index is 1.52. The molecule has 0 spiro atoms. The molecule has 2 N–H and O–H groups in total. The summed E-state index contributed by atoms with van der Waals surface area (Å²) in [7, 11) is 0. The van der Waals surface area contributed by atoms with Crippen LogP contribution in [0.2, 0.25) is 0 Å². The van der Waals surface area contributed by atoms with Gasteiger partial charge in [-0.25, -0.2) is 0 Å². The number of nitrogens with one attached hydrogen (secondary N) is 2. The molecule has 1 saturated heterocycles. The van der Waals surface area contributed by atoms with Crippen LogP contribution in [0.15, 0.2) is 42.7 Å². The fourth-order valence-electron chi connectivity index (χ4n) is 2.16. The lowest BCUT2D eigenvalue weighted by Gasteiger charge is -2.25. The molecule has 1 aliphatic rings. The molecule has 5 nitrogen and oxygen atoms in total. The van der Waals surface area contributed by atoms with E-state index in [0.717, 1.165) is 25.2 Å². The van der Waals surface area contributed by atoms with Gasteiger partial charge >= 0.3 is 0 Å². The number of carbonyl (C=O) groups is 1. The van der Waals surface area contributed by atoms with E-state index >= 15 is 0 Å². The fraction of sp³-hybridized carbons (Fsp3) is 0.333. The van der Waals surface area contributed by atoms with Crippen LogP contribution in [0.5, 0.6) is 0 Å². The molecule has 20 heavy (non-hydrogen) atoms. The Morgan fingerprint density at radius 1 is 1.30 bits per heavy atom. The normalized spacial score (nSPS) is 14.8. The quantitative estimate of drug-likeness (QED) is 0.843. The van der Waals surface area contributed by atoms with Crippen molar-refractivity contribution < 1.29 is 4.79 Å². The summed E-state index contributed by atoms with van der Waals surface area (Å²) in [4.78, 5) is 11.7. The van der Waals surface area contributed by atoms with Crippen LogP contribution in [0.4, 0.5) is 0 Å². The van der Waals surface area contributed by atoms with Gasteiger partial charge in [-0.2, -0.15) is 5.10 Å². The smallest absolute Gasteiger partial charge is 0.225 e. The predicted octanol–water partition coefficient (Wildman–Crippen LogP) is 0.767. The summed E-state index contributed by atoms with van der Waals surface area (Å²) in [5, 5.41) is 10.4. The standard InChI is InChI=1S/C15H18N4O/c20-15(14-8-16-9-14)17-6-13-7-18-19(11-13)10-12-4-2-1-3-5-12/h1-5,7,11,14,16H,6,8-10H2,(H,17,20). The van der Waals surface area contributed by atoms with E-state index in [0.29, 0.717) is 6.54 Å². The topological polar surface area (TPSA) is 59.0 Å². The number of amides is 1. The van der Waals surface area contributed by atoms with Gasteiger partial charge in [0.25, 0.3) is 0 Å². The Morgan fingerprint density at radius 2 is 2.10 bits per heavy atom. The summed E-state index contributed by atoms with van der Waals surface area (Å²) in [6, 6.07) is 10.2. The minimum Gasteiger partial charge on any atom is -0.352 e. The molecule has 0 atom stereocenters. The van der Waals surface area contributed by atoms with Crippen LogP contribution in [0, 0.1) is 5.92 Å². The molecule has 0 unspecified atom stereocenters. The monoisotopic (exact) mass is 270 g/mol. The lowest BCUT2D eigenvalue weighted by molar-refractivity contribution is -0.126. The van der Waals surface area contributed by atoms with Crippen molar-refractivity contribution in [2.75, 3.05) is 13.1 Å². The summed E-state index contributed by atoms with van der Waals surface area (Å²) in [6.45, 7) is 2.88. The Morgan fingerprint density at radius 3 is 2.80 bits per heavy atom. The molecule has 1 amide bonds. The second-order valence-electron chi connectivity index (χ2n) is 5.10. The molecule has 1 aromatic heterocycles. The number of nitrogens with zero attached hydrogens (tertiary/aromatic N) is 2. The van der Waals surface area contributed by atoms with Crippen molar-refractivity contribution in [3.05, 3.63) is 53.9 Å². The second kappa shape index (κ2) is 5.88. The summed E-state index contributed by atoms with van der Waals surface area (Å²) in [5.74, 6) is 0.258. The first kappa shape index (κ1) is 12.9. The van der Waals surface area contributed by atoms with Crippen LogP contribution in [0.25, 0.3) is 0 Å². The van der Waals surface area contributed by atoms with Gasteiger partial charge in [-0.3, -0.25) is 9.48 Å².